The molecule has 16 heavy (non-hydrogen) atoms. The largest absolute Gasteiger partial charge is 0.115 e. The van der Waals surface area contributed by atoms with Crippen LogP contribution in [-0.2, 0) is 0 Å². The molecule has 0 atom stereocenters. The van der Waals surface area contributed by atoms with Crippen LogP contribution in [0.5, 0.6) is 0 Å². The Bertz CT molecular complexity index is 412. The monoisotopic (exact) mass is 204 g/mol. The molecular formula is C16H12. The Balaban J connectivity index is 3.08. The summed E-state index contributed by atoms with van der Waals surface area (Å²) in [6.45, 7) is 0. The second kappa shape index (κ2) is 5.56. The second-order valence-electron chi connectivity index (χ2n) is 3.49. The molecule has 1 aliphatic rings. The van der Waals surface area contributed by atoms with Gasteiger partial charge in [-0.05, 0) is 25.7 Å². The lowest BCUT2D eigenvalue weighted by molar-refractivity contribution is 0.874. The molecule has 0 unspecified atom stereocenters. The fraction of sp³-hybridized carbons (Fsp3) is 0.250. The molecule has 0 spiro atoms. The zero-order chi connectivity index (χ0) is 12.0. The summed E-state index contributed by atoms with van der Waals surface area (Å²) in [6, 6.07) is 0. The molecule has 0 aliphatic heterocycles. The zero-order valence-electron chi connectivity index (χ0n) is 9.14. The van der Waals surface area contributed by atoms with Crippen molar-refractivity contribution in [1.29, 1.82) is 0 Å². The number of rotatable bonds is 0. The standard InChI is InChI=1S/C16H12/c1-5-13-9-10-15(7-3)16(8-4)12-11-14(13)6-2/h1-4H,9-12H2/b14-13-,16-15-. The Kier molecular flexibility index (Phi) is 4.10. The molecule has 1 aliphatic carbocycles. The van der Waals surface area contributed by atoms with Gasteiger partial charge in [0, 0.05) is 22.3 Å². The first-order chi connectivity index (χ1) is 7.76. The molecule has 1 rings (SSSR count). The zero-order valence-corrected chi connectivity index (χ0v) is 9.14. The molecule has 0 saturated carbocycles. The maximum atomic E-state index is 5.43. The molecule has 0 aromatic rings. The molecule has 0 nitrogen and oxygen atoms in total. The van der Waals surface area contributed by atoms with E-state index in [4.69, 9.17) is 25.7 Å². The van der Waals surface area contributed by atoms with E-state index in [0.29, 0.717) is 25.7 Å². The average Bonchev–Trinajstić information content (AvgIpc) is 2.30. The van der Waals surface area contributed by atoms with Crippen LogP contribution < -0.4 is 0 Å². The lowest BCUT2D eigenvalue weighted by atomic mass is 9.90. The number of allylic oxidation sites excluding steroid dienone is 4. The minimum Gasteiger partial charge on any atom is -0.115 e. The van der Waals surface area contributed by atoms with E-state index in [1.165, 1.54) is 0 Å². The predicted octanol–water partition coefficient (Wildman–Crippen LogP) is 2.69. The van der Waals surface area contributed by atoms with Gasteiger partial charge in [-0.3, -0.25) is 0 Å². The molecule has 0 radical (unpaired) electrons. The summed E-state index contributed by atoms with van der Waals surface area (Å²) in [7, 11) is 0. The minimum absolute atomic E-state index is 0.709. The number of terminal acetylenes is 4. The smallest absolute Gasteiger partial charge is 0.0137 e. The van der Waals surface area contributed by atoms with Crippen LogP contribution in [0.3, 0.4) is 0 Å². The minimum atomic E-state index is 0.709. The van der Waals surface area contributed by atoms with Crippen molar-refractivity contribution < 1.29 is 0 Å². The van der Waals surface area contributed by atoms with E-state index in [1.807, 2.05) is 0 Å². The molecule has 76 valence electrons. The van der Waals surface area contributed by atoms with Gasteiger partial charge < -0.3 is 0 Å². The summed E-state index contributed by atoms with van der Waals surface area (Å²) in [5.41, 5.74) is 3.52. The van der Waals surface area contributed by atoms with E-state index in [2.05, 4.69) is 23.7 Å². The van der Waals surface area contributed by atoms with Gasteiger partial charge in [0.05, 0.1) is 0 Å². The van der Waals surface area contributed by atoms with Crippen molar-refractivity contribution in [3.63, 3.8) is 0 Å². The van der Waals surface area contributed by atoms with Crippen molar-refractivity contribution in [2.45, 2.75) is 25.7 Å². The predicted molar refractivity (Wildman–Crippen MR) is 67.9 cm³/mol. The highest BCUT2D eigenvalue weighted by Crippen LogP contribution is 2.26. The molecule has 0 bridgehead atoms. The van der Waals surface area contributed by atoms with Crippen LogP contribution in [0.25, 0.3) is 0 Å². The van der Waals surface area contributed by atoms with Crippen molar-refractivity contribution in [1.82, 2.24) is 0 Å². The molecule has 0 fully saturated rings. The van der Waals surface area contributed by atoms with E-state index in [1.54, 1.807) is 0 Å². The molecule has 0 aromatic carbocycles. The van der Waals surface area contributed by atoms with E-state index in [0.717, 1.165) is 22.3 Å². The van der Waals surface area contributed by atoms with E-state index >= 15 is 0 Å². The Hall–Kier alpha value is -2.28. The maximum Gasteiger partial charge on any atom is 0.0137 e. The summed E-state index contributed by atoms with van der Waals surface area (Å²) in [4.78, 5) is 0. The van der Waals surface area contributed by atoms with Crippen LogP contribution in [-0.4, -0.2) is 0 Å². The Morgan fingerprint density at radius 2 is 0.688 bits per heavy atom. The van der Waals surface area contributed by atoms with Gasteiger partial charge in [0.2, 0.25) is 0 Å². The highest BCUT2D eigenvalue weighted by molar-refractivity contribution is 5.47. The van der Waals surface area contributed by atoms with Gasteiger partial charge in [-0.1, -0.05) is 23.7 Å². The lowest BCUT2D eigenvalue weighted by Crippen LogP contribution is -1.98. The first-order valence-electron chi connectivity index (χ1n) is 5.07. The molecule has 0 amide bonds. The first kappa shape index (κ1) is 11.8. The summed E-state index contributed by atoms with van der Waals surface area (Å²) >= 11 is 0. The topological polar surface area (TPSA) is 0 Å². The fourth-order valence-electron chi connectivity index (χ4n) is 1.74. The fourth-order valence-corrected chi connectivity index (χ4v) is 1.74. The Morgan fingerprint density at radius 1 is 0.500 bits per heavy atom. The van der Waals surface area contributed by atoms with Gasteiger partial charge in [0.25, 0.3) is 0 Å². The molecule has 0 N–H and O–H groups in total. The Morgan fingerprint density at radius 3 is 0.812 bits per heavy atom. The normalized spacial score (nSPS) is 25.2. The highest BCUT2D eigenvalue weighted by Gasteiger charge is 2.12. The third-order valence-electron chi connectivity index (χ3n) is 2.68. The van der Waals surface area contributed by atoms with Crippen molar-refractivity contribution in [2.24, 2.45) is 0 Å². The quantitative estimate of drug-likeness (QED) is 0.532. The molecular weight excluding hydrogens is 192 g/mol. The third kappa shape index (κ3) is 2.39. The van der Waals surface area contributed by atoms with E-state index in [-0.39, 0.29) is 0 Å². The van der Waals surface area contributed by atoms with Crippen molar-refractivity contribution >= 4 is 0 Å². The summed E-state index contributed by atoms with van der Waals surface area (Å²) in [6.07, 6.45) is 24.6. The van der Waals surface area contributed by atoms with Gasteiger partial charge in [0.1, 0.15) is 0 Å². The van der Waals surface area contributed by atoms with Crippen LogP contribution >= 0.6 is 0 Å². The van der Waals surface area contributed by atoms with Gasteiger partial charge in [0.15, 0.2) is 0 Å². The number of hydrogen-bond acceptors (Lipinski definition) is 0. The summed E-state index contributed by atoms with van der Waals surface area (Å²) in [5.74, 6) is 10.6. The molecule has 0 heteroatoms. The SMILES string of the molecule is C#C/C1=C(\C#C)CC/C(C#C)=C(/C#C)CC1. The Labute approximate surface area is 97.8 Å². The van der Waals surface area contributed by atoms with Crippen LogP contribution in [0.1, 0.15) is 25.7 Å². The van der Waals surface area contributed by atoms with Crippen molar-refractivity contribution in [2.75, 3.05) is 0 Å². The highest BCUT2D eigenvalue weighted by atomic mass is 14.1. The van der Waals surface area contributed by atoms with Gasteiger partial charge in [-0.15, -0.1) is 25.7 Å². The summed E-state index contributed by atoms with van der Waals surface area (Å²) < 4.78 is 0. The van der Waals surface area contributed by atoms with E-state index in [9.17, 15) is 0 Å². The second-order valence-corrected chi connectivity index (χ2v) is 3.49. The maximum absolute atomic E-state index is 5.43. The molecule has 0 heterocycles. The first-order valence-corrected chi connectivity index (χ1v) is 5.07. The molecule has 0 saturated heterocycles. The molecule has 0 aromatic heterocycles. The van der Waals surface area contributed by atoms with Crippen LogP contribution in [0.2, 0.25) is 0 Å². The van der Waals surface area contributed by atoms with E-state index < -0.39 is 0 Å². The van der Waals surface area contributed by atoms with Crippen LogP contribution in [0, 0.1) is 49.4 Å². The van der Waals surface area contributed by atoms with Gasteiger partial charge in [-0.2, -0.15) is 0 Å². The van der Waals surface area contributed by atoms with Gasteiger partial charge in [-0.25, -0.2) is 0 Å². The van der Waals surface area contributed by atoms with Crippen molar-refractivity contribution in [3.8, 4) is 49.4 Å². The van der Waals surface area contributed by atoms with Gasteiger partial charge >= 0.3 is 0 Å². The number of hydrogen-bond donors (Lipinski definition) is 0. The summed E-state index contributed by atoms with van der Waals surface area (Å²) in [5, 5.41) is 0. The van der Waals surface area contributed by atoms with Crippen LogP contribution in [0.15, 0.2) is 22.3 Å². The van der Waals surface area contributed by atoms with Crippen LogP contribution in [0.4, 0.5) is 0 Å². The average molecular weight is 204 g/mol. The third-order valence-corrected chi connectivity index (χ3v) is 2.68. The van der Waals surface area contributed by atoms with Crippen molar-refractivity contribution in [3.05, 3.63) is 22.3 Å². The lowest BCUT2D eigenvalue weighted by Gasteiger charge is -2.12.